The van der Waals surface area contributed by atoms with Gasteiger partial charge in [-0.15, -0.1) is 0 Å². The van der Waals surface area contributed by atoms with Crippen molar-refractivity contribution in [2.75, 3.05) is 31.6 Å². The van der Waals surface area contributed by atoms with E-state index >= 15 is 0 Å². The molecule has 2 saturated heterocycles. The Morgan fingerprint density at radius 1 is 1.29 bits per heavy atom. The molecule has 21 heavy (non-hydrogen) atoms. The molecule has 0 aliphatic carbocycles. The minimum Gasteiger partial charge on any atom is -0.422 e. The number of nitrogens with one attached hydrogen (secondary N) is 1. The lowest BCUT2D eigenvalue weighted by molar-refractivity contribution is -0.0710. The molecule has 2 aromatic heterocycles. The zero-order valence-corrected chi connectivity index (χ0v) is 12.3. The van der Waals surface area contributed by atoms with Gasteiger partial charge in [0.15, 0.2) is 5.58 Å². The molecule has 0 radical (unpaired) electrons. The van der Waals surface area contributed by atoms with Gasteiger partial charge in [-0.25, -0.2) is 4.98 Å². The number of piperidine rings is 1. The number of aromatic nitrogens is 2. The smallest absolute Gasteiger partial charge is 0.297 e. The molecular formula is C14H17ClN4O2. The van der Waals surface area contributed by atoms with Crippen molar-refractivity contribution in [3.05, 3.63) is 17.3 Å². The summed E-state index contributed by atoms with van der Waals surface area (Å²) >= 11 is 5.86. The molecule has 0 unspecified atom stereocenters. The molecule has 2 fully saturated rings. The summed E-state index contributed by atoms with van der Waals surface area (Å²) < 4.78 is 11.0. The Kier molecular flexibility index (Phi) is 3.45. The van der Waals surface area contributed by atoms with E-state index in [1.807, 2.05) is 0 Å². The largest absolute Gasteiger partial charge is 0.422 e. The molecule has 0 saturated carbocycles. The molecule has 2 aliphatic rings. The van der Waals surface area contributed by atoms with Gasteiger partial charge >= 0.3 is 0 Å². The third-order valence-electron chi connectivity index (χ3n) is 4.14. The number of anilines is 1. The Morgan fingerprint density at radius 2 is 2.19 bits per heavy atom. The van der Waals surface area contributed by atoms with Crippen molar-refractivity contribution in [2.45, 2.75) is 24.9 Å². The second-order valence-corrected chi connectivity index (χ2v) is 6.03. The van der Waals surface area contributed by atoms with E-state index in [0.29, 0.717) is 34.5 Å². The Morgan fingerprint density at radius 3 is 3.00 bits per heavy atom. The van der Waals surface area contributed by atoms with Crippen molar-refractivity contribution < 1.29 is 9.15 Å². The van der Waals surface area contributed by atoms with Gasteiger partial charge in [0.1, 0.15) is 5.15 Å². The summed E-state index contributed by atoms with van der Waals surface area (Å²) in [6.45, 7) is 3.87. The van der Waals surface area contributed by atoms with Crippen LogP contribution >= 0.6 is 11.6 Å². The van der Waals surface area contributed by atoms with E-state index in [9.17, 15) is 0 Å². The molecule has 1 N–H and O–H groups in total. The first kappa shape index (κ1) is 13.3. The maximum absolute atomic E-state index is 5.86. The van der Waals surface area contributed by atoms with Crippen LogP contribution in [0.1, 0.15) is 12.8 Å². The number of pyridine rings is 1. The number of fused-ring (bicyclic) bond motifs is 1. The number of halogens is 1. The van der Waals surface area contributed by atoms with Gasteiger partial charge in [0.2, 0.25) is 5.65 Å². The standard InChI is InChI=1S/C14H17ClN4O2/c15-12-4-3-11-13(17-12)18-14(21-11)16-9-2-1-5-19(6-9)10-7-20-8-10/h3-4,9-10H,1-2,5-8H2,(H,16,17,18)/t9-/m1/s1. The molecule has 112 valence electrons. The van der Waals surface area contributed by atoms with Crippen LogP contribution in [0, 0.1) is 0 Å². The number of ether oxygens (including phenoxy) is 1. The molecule has 4 heterocycles. The van der Waals surface area contributed by atoms with Crippen LogP contribution in [0.5, 0.6) is 0 Å². The number of nitrogens with zero attached hydrogens (tertiary/aromatic N) is 3. The number of hydrogen-bond donors (Lipinski definition) is 1. The fourth-order valence-electron chi connectivity index (χ4n) is 2.92. The number of likely N-dealkylation sites (tertiary alicyclic amines) is 1. The van der Waals surface area contributed by atoms with Crippen LogP contribution in [0.3, 0.4) is 0 Å². The second kappa shape index (κ2) is 5.44. The highest BCUT2D eigenvalue weighted by atomic mass is 35.5. The molecule has 2 aromatic rings. The summed E-state index contributed by atoms with van der Waals surface area (Å²) in [5, 5.41) is 3.81. The van der Waals surface area contributed by atoms with Gasteiger partial charge in [-0.2, -0.15) is 4.98 Å². The highest BCUT2D eigenvalue weighted by Gasteiger charge is 2.30. The van der Waals surface area contributed by atoms with E-state index in [1.54, 1.807) is 12.1 Å². The van der Waals surface area contributed by atoms with Gasteiger partial charge in [0, 0.05) is 12.6 Å². The predicted octanol–water partition coefficient (Wildman–Crippen LogP) is 2.15. The van der Waals surface area contributed by atoms with Gasteiger partial charge in [-0.1, -0.05) is 11.6 Å². The van der Waals surface area contributed by atoms with E-state index in [2.05, 4.69) is 20.2 Å². The minimum absolute atomic E-state index is 0.350. The first-order valence-electron chi connectivity index (χ1n) is 7.29. The maximum atomic E-state index is 5.86. The van der Waals surface area contributed by atoms with E-state index in [1.165, 1.54) is 6.42 Å². The van der Waals surface area contributed by atoms with Gasteiger partial charge in [-0.3, -0.25) is 4.90 Å². The molecule has 0 spiro atoms. The number of hydrogen-bond acceptors (Lipinski definition) is 6. The molecule has 2 aliphatic heterocycles. The third kappa shape index (κ3) is 2.71. The molecule has 0 bridgehead atoms. The van der Waals surface area contributed by atoms with Crippen molar-refractivity contribution in [3.8, 4) is 0 Å². The van der Waals surface area contributed by atoms with Gasteiger partial charge in [-0.05, 0) is 31.5 Å². The van der Waals surface area contributed by atoms with Crippen LogP contribution in [0.4, 0.5) is 6.01 Å². The van der Waals surface area contributed by atoms with Crippen LogP contribution in [0.15, 0.2) is 16.5 Å². The quantitative estimate of drug-likeness (QED) is 0.877. The fourth-order valence-corrected chi connectivity index (χ4v) is 3.06. The van der Waals surface area contributed by atoms with Gasteiger partial charge in [0.25, 0.3) is 6.01 Å². The first-order chi connectivity index (χ1) is 10.3. The molecule has 7 heteroatoms. The highest BCUT2D eigenvalue weighted by molar-refractivity contribution is 6.29. The SMILES string of the molecule is Clc1ccc2oc(N[C@@H]3CCCN(C4COC4)C3)nc2n1. The molecule has 1 atom stereocenters. The Hall–Kier alpha value is -1.37. The van der Waals surface area contributed by atoms with Crippen LogP contribution in [0.25, 0.3) is 11.2 Å². The maximum Gasteiger partial charge on any atom is 0.297 e. The van der Waals surface area contributed by atoms with E-state index in [0.717, 1.165) is 32.7 Å². The van der Waals surface area contributed by atoms with Crippen LogP contribution in [-0.4, -0.2) is 53.3 Å². The van der Waals surface area contributed by atoms with Crippen molar-refractivity contribution in [1.29, 1.82) is 0 Å². The van der Waals surface area contributed by atoms with Crippen molar-refractivity contribution in [1.82, 2.24) is 14.9 Å². The second-order valence-electron chi connectivity index (χ2n) is 5.64. The molecular weight excluding hydrogens is 292 g/mol. The normalized spacial score (nSPS) is 24.1. The zero-order valence-electron chi connectivity index (χ0n) is 11.6. The van der Waals surface area contributed by atoms with E-state index in [-0.39, 0.29) is 0 Å². The predicted molar refractivity (Wildman–Crippen MR) is 79.6 cm³/mol. The summed E-state index contributed by atoms with van der Waals surface area (Å²) in [5.41, 5.74) is 1.20. The molecule has 0 aromatic carbocycles. The van der Waals surface area contributed by atoms with Crippen molar-refractivity contribution in [3.63, 3.8) is 0 Å². The number of rotatable bonds is 3. The van der Waals surface area contributed by atoms with Crippen LogP contribution in [0.2, 0.25) is 5.15 Å². The zero-order chi connectivity index (χ0) is 14.2. The lowest BCUT2D eigenvalue weighted by atomic mass is 10.0. The summed E-state index contributed by atoms with van der Waals surface area (Å²) in [6, 6.07) is 4.96. The Balaban J connectivity index is 1.46. The number of oxazole rings is 1. The lowest BCUT2D eigenvalue weighted by Gasteiger charge is -2.42. The highest BCUT2D eigenvalue weighted by Crippen LogP contribution is 2.23. The Bertz CT molecular complexity index is 643. The third-order valence-corrected chi connectivity index (χ3v) is 4.35. The van der Waals surface area contributed by atoms with Gasteiger partial charge in [0.05, 0.1) is 19.3 Å². The van der Waals surface area contributed by atoms with Crippen molar-refractivity contribution >= 4 is 28.8 Å². The molecule has 0 amide bonds. The van der Waals surface area contributed by atoms with E-state index < -0.39 is 0 Å². The average molecular weight is 309 g/mol. The summed E-state index contributed by atoms with van der Waals surface area (Å²) in [6.07, 6.45) is 2.30. The first-order valence-corrected chi connectivity index (χ1v) is 7.67. The minimum atomic E-state index is 0.350. The van der Waals surface area contributed by atoms with Crippen LogP contribution in [-0.2, 0) is 4.74 Å². The summed E-state index contributed by atoms with van der Waals surface area (Å²) in [4.78, 5) is 11.0. The lowest BCUT2D eigenvalue weighted by Crippen LogP contribution is -2.54. The topological polar surface area (TPSA) is 63.4 Å². The van der Waals surface area contributed by atoms with Crippen molar-refractivity contribution in [2.24, 2.45) is 0 Å². The summed E-state index contributed by atoms with van der Waals surface area (Å²) in [7, 11) is 0. The summed E-state index contributed by atoms with van der Waals surface area (Å²) in [5.74, 6) is 0. The monoisotopic (exact) mass is 308 g/mol. The van der Waals surface area contributed by atoms with E-state index in [4.69, 9.17) is 20.8 Å². The Labute approximate surface area is 127 Å². The molecule has 4 rings (SSSR count). The fraction of sp³-hybridized carbons (Fsp3) is 0.571. The van der Waals surface area contributed by atoms with Crippen LogP contribution < -0.4 is 5.32 Å². The average Bonchev–Trinajstić information content (AvgIpc) is 2.78. The van der Waals surface area contributed by atoms with Gasteiger partial charge < -0.3 is 14.5 Å². The molecule has 6 nitrogen and oxygen atoms in total.